The van der Waals surface area contributed by atoms with Gasteiger partial charge >= 0.3 is 5.97 Å². The van der Waals surface area contributed by atoms with Gasteiger partial charge in [-0.05, 0) is 23.6 Å². The van der Waals surface area contributed by atoms with Crippen LogP contribution in [-0.2, 0) is 16.1 Å². The molecule has 2 heterocycles. The monoisotopic (exact) mass is 421 g/mol. The van der Waals surface area contributed by atoms with Crippen LogP contribution >= 0.6 is 22.9 Å². The van der Waals surface area contributed by atoms with Gasteiger partial charge in [0.2, 0.25) is 0 Å². The molecule has 1 N–H and O–H groups in total. The standard InChI is InChI=1S/C17H12ClN3O6S/c18-12-4-3-10(6-13(12)21(24)25)17(23)19-8-16(22)26-9-11-7-14(27-20-11)15-2-1-5-28-15/h1-7H,8-9H2,(H,19,23). The van der Waals surface area contributed by atoms with E-state index in [1.165, 1.54) is 23.5 Å². The van der Waals surface area contributed by atoms with Crippen LogP contribution in [-0.4, -0.2) is 28.5 Å². The SMILES string of the molecule is O=C(CNC(=O)c1ccc(Cl)c([N+](=O)[O-])c1)OCc1cc(-c2cccs2)on1. The summed E-state index contributed by atoms with van der Waals surface area (Å²) in [6.07, 6.45) is 0. The molecule has 0 saturated carbocycles. The Bertz CT molecular complexity index is 1020. The minimum absolute atomic E-state index is 0.000917. The molecule has 28 heavy (non-hydrogen) atoms. The van der Waals surface area contributed by atoms with E-state index in [-0.39, 0.29) is 17.2 Å². The molecule has 1 aromatic carbocycles. The normalized spacial score (nSPS) is 10.5. The Morgan fingerprint density at radius 1 is 1.32 bits per heavy atom. The highest BCUT2D eigenvalue weighted by molar-refractivity contribution is 7.13. The smallest absolute Gasteiger partial charge is 0.325 e. The van der Waals surface area contributed by atoms with Gasteiger partial charge in [0.15, 0.2) is 5.76 Å². The van der Waals surface area contributed by atoms with Crippen molar-refractivity contribution in [2.75, 3.05) is 6.54 Å². The molecule has 9 nitrogen and oxygen atoms in total. The highest BCUT2D eigenvalue weighted by Gasteiger charge is 2.17. The summed E-state index contributed by atoms with van der Waals surface area (Å²) in [6, 6.07) is 8.99. The van der Waals surface area contributed by atoms with E-state index in [1.807, 2.05) is 17.5 Å². The molecule has 144 valence electrons. The fourth-order valence-corrected chi connectivity index (χ4v) is 3.03. The number of nitro benzene ring substituents is 1. The topological polar surface area (TPSA) is 125 Å². The first-order valence-electron chi connectivity index (χ1n) is 7.81. The zero-order valence-corrected chi connectivity index (χ0v) is 15.7. The van der Waals surface area contributed by atoms with E-state index >= 15 is 0 Å². The van der Waals surface area contributed by atoms with Crippen molar-refractivity contribution in [3.8, 4) is 10.6 Å². The second-order valence-electron chi connectivity index (χ2n) is 5.43. The number of ether oxygens (including phenoxy) is 1. The summed E-state index contributed by atoms with van der Waals surface area (Å²) in [5, 5.41) is 18.8. The van der Waals surface area contributed by atoms with Crippen LogP contribution in [0.15, 0.2) is 46.3 Å². The van der Waals surface area contributed by atoms with Gasteiger partial charge < -0.3 is 14.6 Å². The van der Waals surface area contributed by atoms with Gasteiger partial charge in [-0.2, -0.15) is 0 Å². The third-order valence-corrected chi connectivity index (χ3v) is 4.71. The molecule has 0 saturated heterocycles. The molecule has 3 rings (SSSR count). The van der Waals surface area contributed by atoms with E-state index in [1.54, 1.807) is 6.07 Å². The van der Waals surface area contributed by atoms with Gasteiger partial charge in [0.25, 0.3) is 11.6 Å². The van der Waals surface area contributed by atoms with Crippen molar-refractivity contribution in [2.24, 2.45) is 0 Å². The number of carbonyl (C=O) groups is 2. The van der Waals surface area contributed by atoms with Crippen LogP contribution < -0.4 is 5.32 Å². The molecular weight excluding hydrogens is 410 g/mol. The molecule has 0 aliphatic rings. The van der Waals surface area contributed by atoms with Gasteiger partial charge in [-0.1, -0.05) is 22.8 Å². The van der Waals surface area contributed by atoms with Crippen molar-refractivity contribution in [2.45, 2.75) is 6.61 Å². The van der Waals surface area contributed by atoms with Crippen molar-refractivity contribution < 1.29 is 23.8 Å². The summed E-state index contributed by atoms with van der Waals surface area (Å²) in [5.74, 6) is -0.797. The highest BCUT2D eigenvalue weighted by atomic mass is 35.5. The number of thiophene rings is 1. The molecule has 0 spiro atoms. The molecule has 0 fully saturated rings. The van der Waals surface area contributed by atoms with Gasteiger partial charge in [-0.15, -0.1) is 11.3 Å². The number of nitrogens with zero attached hydrogens (tertiary/aromatic N) is 2. The van der Waals surface area contributed by atoms with Crippen LogP contribution in [0.3, 0.4) is 0 Å². The average Bonchev–Trinajstić information content (AvgIpc) is 3.36. The van der Waals surface area contributed by atoms with Crippen molar-refractivity contribution in [1.82, 2.24) is 10.5 Å². The van der Waals surface area contributed by atoms with E-state index in [0.29, 0.717) is 11.5 Å². The molecule has 0 unspecified atom stereocenters. The van der Waals surface area contributed by atoms with E-state index in [0.717, 1.165) is 10.9 Å². The van der Waals surface area contributed by atoms with Crippen LogP contribution in [0.4, 0.5) is 5.69 Å². The third kappa shape index (κ3) is 4.72. The first-order chi connectivity index (χ1) is 13.4. The highest BCUT2D eigenvalue weighted by Crippen LogP contribution is 2.26. The predicted molar refractivity (Wildman–Crippen MR) is 100 cm³/mol. The summed E-state index contributed by atoms with van der Waals surface area (Å²) in [4.78, 5) is 34.9. The first-order valence-corrected chi connectivity index (χ1v) is 9.07. The Balaban J connectivity index is 1.50. The lowest BCUT2D eigenvalue weighted by atomic mass is 10.2. The Morgan fingerprint density at radius 3 is 2.86 bits per heavy atom. The molecular formula is C17H12ClN3O6S. The van der Waals surface area contributed by atoms with Crippen LogP contribution in [0.25, 0.3) is 10.6 Å². The second kappa shape index (κ2) is 8.63. The lowest BCUT2D eigenvalue weighted by Gasteiger charge is -2.06. The van der Waals surface area contributed by atoms with Crippen LogP contribution in [0.1, 0.15) is 16.1 Å². The lowest BCUT2D eigenvalue weighted by molar-refractivity contribution is -0.384. The molecule has 11 heteroatoms. The van der Waals surface area contributed by atoms with E-state index in [4.69, 9.17) is 20.9 Å². The maximum atomic E-state index is 12.0. The Morgan fingerprint density at radius 2 is 2.14 bits per heavy atom. The molecule has 0 atom stereocenters. The minimum atomic E-state index is -0.699. The van der Waals surface area contributed by atoms with E-state index < -0.39 is 29.0 Å². The number of benzene rings is 1. The maximum absolute atomic E-state index is 12.0. The maximum Gasteiger partial charge on any atom is 0.325 e. The molecule has 0 bridgehead atoms. The summed E-state index contributed by atoms with van der Waals surface area (Å²) >= 11 is 7.18. The molecule has 2 aromatic heterocycles. The van der Waals surface area contributed by atoms with Gasteiger partial charge in [-0.3, -0.25) is 19.7 Å². The zero-order valence-electron chi connectivity index (χ0n) is 14.1. The molecule has 3 aromatic rings. The fourth-order valence-electron chi connectivity index (χ4n) is 2.17. The number of carbonyl (C=O) groups excluding carboxylic acids is 2. The van der Waals surface area contributed by atoms with Crippen molar-refractivity contribution in [3.63, 3.8) is 0 Å². The summed E-state index contributed by atoms with van der Waals surface area (Å²) in [7, 11) is 0. The molecule has 0 aliphatic heterocycles. The quantitative estimate of drug-likeness (QED) is 0.352. The number of nitro groups is 1. The van der Waals surface area contributed by atoms with Crippen molar-refractivity contribution in [1.29, 1.82) is 0 Å². The lowest BCUT2D eigenvalue weighted by Crippen LogP contribution is -2.30. The van der Waals surface area contributed by atoms with Gasteiger partial charge in [-0.25, -0.2) is 0 Å². The fraction of sp³-hybridized carbons (Fsp3) is 0.118. The Hall–Kier alpha value is -3.24. The van der Waals surface area contributed by atoms with Gasteiger partial charge in [0.05, 0.1) is 9.80 Å². The van der Waals surface area contributed by atoms with E-state index in [9.17, 15) is 19.7 Å². The number of halogens is 1. The molecule has 0 aliphatic carbocycles. The first kappa shape index (κ1) is 19.5. The number of hydrogen-bond acceptors (Lipinski definition) is 8. The van der Waals surface area contributed by atoms with Crippen LogP contribution in [0.5, 0.6) is 0 Å². The van der Waals surface area contributed by atoms with Crippen LogP contribution in [0, 0.1) is 10.1 Å². The average molecular weight is 422 g/mol. The van der Waals surface area contributed by atoms with Crippen molar-refractivity contribution in [3.05, 3.63) is 68.2 Å². The number of esters is 1. The largest absolute Gasteiger partial charge is 0.458 e. The summed E-state index contributed by atoms with van der Waals surface area (Å²) < 4.78 is 10.2. The van der Waals surface area contributed by atoms with Crippen LogP contribution in [0.2, 0.25) is 5.02 Å². The number of hydrogen-bond donors (Lipinski definition) is 1. The number of amides is 1. The van der Waals surface area contributed by atoms with E-state index in [2.05, 4.69) is 10.5 Å². The Kier molecular flexibility index (Phi) is 6.02. The minimum Gasteiger partial charge on any atom is -0.458 e. The van der Waals surface area contributed by atoms with Gasteiger partial charge in [0.1, 0.15) is 23.9 Å². The number of aromatic nitrogens is 1. The zero-order chi connectivity index (χ0) is 20.1. The molecule has 0 radical (unpaired) electrons. The van der Waals surface area contributed by atoms with Gasteiger partial charge in [0, 0.05) is 17.7 Å². The third-order valence-electron chi connectivity index (χ3n) is 3.50. The second-order valence-corrected chi connectivity index (χ2v) is 6.78. The number of rotatable bonds is 7. The summed E-state index contributed by atoms with van der Waals surface area (Å²) in [6.45, 7) is -0.527. The predicted octanol–water partition coefficient (Wildman–Crippen LogP) is 3.44. The molecule has 1 amide bonds. The Labute approximate surface area is 167 Å². The number of nitrogens with one attached hydrogen (secondary N) is 1. The summed E-state index contributed by atoms with van der Waals surface area (Å²) in [5.41, 5.74) is 0.0295. The van der Waals surface area contributed by atoms with Crippen molar-refractivity contribution >= 4 is 40.5 Å².